The predicted octanol–water partition coefficient (Wildman–Crippen LogP) is 4.58. The van der Waals surface area contributed by atoms with Gasteiger partial charge in [-0.25, -0.2) is 0 Å². The molecule has 0 aliphatic carbocycles. The summed E-state index contributed by atoms with van der Waals surface area (Å²) in [6.07, 6.45) is 0. The number of benzene rings is 2. The molecule has 0 aliphatic rings. The van der Waals surface area contributed by atoms with Crippen LogP contribution in [0.4, 0.5) is 5.69 Å². The van der Waals surface area contributed by atoms with Crippen LogP contribution < -0.4 is 10.1 Å². The van der Waals surface area contributed by atoms with Crippen LogP contribution in [-0.2, 0) is 0 Å². The molecule has 0 bridgehead atoms. The average Bonchev–Trinajstić information content (AvgIpc) is 2.81. The van der Waals surface area contributed by atoms with Crippen LogP contribution in [0.15, 0.2) is 53.0 Å². The molecule has 20 heavy (non-hydrogen) atoms. The van der Waals surface area contributed by atoms with Crippen molar-refractivity contribution >= 4 is 27.6 Å². The molecule has 0 aliphatic heterocycles. The van der Waals surface area contributed by atoms with E-state index in [0.717, 1.165) is 38.9 Å². The van der Waals surface area contributed by atoms with E-state index in [1.165, 1.54) is 0 Å². The summed E-state index contributed by atoms with van der Waals surface area (Å²) < 4.78 is 11.4. The normalized spacial score (nSPS) is 10.9. The zero-order valence-corrected chi connectivity index (χ0v) is 11.7. The molecule has 0 saturated heterocycles. The summed E-state index contributed by atoms with van der Waals surface area (Å²) in [5.74, 6) is 0.810. The Morgan fingerprint density at radius 1 is 1.20 bits per heavy atom. The Hall–Kier alpha value is -2.42. The van der Waals surface area contributed by atoms with Gasteiger partial charge < -0.3 is 14.5 Å². The molecule has 1 heterocycles. The quantitative estimate of drug-likeness (QED) is 0.702. The third-order valence-electron chi connectivity index (χ3n) is 3.28. The van der Waals surface area contributed by atoms with Crippen molar-refractivity contribution in [2.75, 3.05) is 19.0 Å². The predicted molar refractivity (Wildman–Crippen MR) is 83.6 cm³/mol. The minimum Gasteiger partial charge on any atom is -0.495 e. The molecule has 3 aromatic rings. The number of furan rings is 1. The van der Waals surface area contributed by atoms with Crippen LogP contribution in [-0.4, -0.2) is 13.7 Å². The molecule has 1 aromatic heterocycles. The van der Waals surface area contributed by atoms with E-state index in [1.54, 1.807) is 7.11 Å². The van der Waals surface area contributed by atoms with E-state index < -0.39 is 0 Å². The standard InChI is InChI=1S/C17H17NO2/c1-11(2)10-18-14-9-16-13(8-17(14)19-3)12-6-4-5-7-15(12)20-16/h4-9,18H,1,10H2,2-3H3. The maximum absolute atomic E-state index is 5.88. The monoisotopic (exact) mass is 267 g/mol. The first-order valence-corrected chi connectivity index (χ1v) is 6.56. The van der Waals surface area contributed by atoms with E-state index in [4.69, 9.17) is 9.15 Å². The van der Waals surface area contributed by atoms with E-state index in [0.29, 0.717) is 6.54 Å². The number of hydrogen-bond acceptors (Lipinski definition) is 3. The summed E-state index contributed by atoms with van der Waals surface area (Å²) in [5.41, 5.74) is 3.73. The zero-order valence-electron chi connectivity index (χ0n) is 11.7. The molecule has 0 atom stereocenters. The van der Waals surface area contributed by atoms with Gasteiger partial charge in [-0.05, 0) is 19.1 Å². The van der Waals surface area contributed by atoms with Gasteiger partial charge in [0.1, 0.15) is 16.9 Å². The van der Waals surface area contributed by atoms with E-state index >= 15 is 0 Å². The molecule has 0 amide bonds. The number of nitrogens with one attached hydrogen (secondary N) is 1. The van der Waals surface area contributed by atoms with Gasteiger partial charge in [-0.15, -0.1) is 0 Å². The van der Waals surface area contributed by atoms with Crippen LogP contribution in [0.25, 0.3) is 21.9 Å². The Morgan fingerprint density at radius 2 is 2.00 bits per heavy atom. The minimum atomic E-state index is 0.710. The lowest BCUT2D eigenvalue weighted by Gasteiger charge is -2.11. The van der Waals surface area contributed by atoms with Crippen LogP contribution in [0, 0.1) is 0 Å². The second-order valence-corrected chi connectivity index (χ2v) is 4.96. The van der Waals surface area contributed by atoms with E-state index in [1.807, 2.05) is 37.3 Å². The van der Waals surface area contributed by atoms with Gasteiger partial charge in [-0.3, -0.25) is 0 Å². The van der Waals surface area contributed by atoms with Gasteiger partial charge in [-0.1, -0.05) is 30.4 Å². The summed E-state index contributed by atoms with van der Waals surface area (Å²) in [6.45, 7) is 6.59. The van der Waals surface area contributed by atoms with Crippen LogP contribution in [0.1, 0.15) is 6.92 Å². The topological polar surface area (TPSA) is 34.4 Å². The highest BCUT2D eigenvalue weighted by Crippen LogP contribution is 2.36. The lowest BCUT2D eigenvalue weighted by atomic mass is 10.1. The molecule has 3 heteroatoms. The lowest BCUT2D eigenvalue weighted by molar-refractivity contribution is 0.417. The molecule has 0 radical (unpaired) electrons. The highest BCUT2D eigenvalue weighted by Gasteiger charge is 2.11. The smallest absolute Gasteiger partial charge is 0.142 e. The number of rotatable bonds is 4. The van der Waals surface area contributed by atoms with Crippen molar-refractivity contribution in [2.24, 2.45) is 0 Å². The van der Waals surface area contributed by atoms with Crippen molar-refractivity contribution in [3.05, 3.63) is 48.6 Å². The Bertz CT molecular complexity index is 786. The molecule has 2 aromatic carbocycles. The van der Waals surface area contributed by atoms with Crippen LogP contribution >= 0.6 is 0 Å². The first-order chi connectivity index (χ1) is 9.69. The molecule has 0 spiro atoms. The molecular weight excluding hydrogens is 250 g/mol. The highest BCUT2D eigenvalue weighted by atomic mass is 16.5. The highest BCUT2D eigenvalue weighted by molar-refractivity contribution is 6.06. The fourth-order valence-electron chi connectivity index (χ4n) is 2.30. The van der Waals surface area contributed by atoms with Gasteiger partial charge in [0.2, 0.25) is 0 Å². The minimum absolute atomic E-state index is 0.710. The maximum atomic E-state index is 5.88. The van der Waals surface area contributed by atoms with Gasteiger partial charge in [-0.2, -0.15) is 0 Å². The summed E-state index contributed by atoms with van der Waals surface area (Å²) in [5, 5.41) is 5.49. The SMILES string of the molecule is C=C(C)CNc1cc2oc3ccccc3c2cc1OC. The summed E-state index contributed by atoms with van der Waals surface area (Å²) in [7, 11) is 1.68. The van der Waals surface area contributed by atoms with Crippen molar-refractivity contribution in [3.8, 4) is 5.75 Å². The van der Waals surface area contributed by atoms with Gasteiger partial charge in [0.05, 0.1) is 12.8 Å². The average molecular weight is 267 g/mol. The zero-order chi connectivity index (χ0) is 14.1. The van der Waals surface area contributed by atoms with Crippen molar-refractivity contribution < 1.29 is 9.15 Å². The number of fused-ring (bicyclic) bond motifs is 3. The van der Waals surface area contributed by atoms with Crippen LogP contribution in [0.3, 0.4) is 0 Å². The van der Waals surface area contributed by atoms with Gasteiger partial charge in [0.15, 0.2) is 0 Å². The number of para-hydroxylation sites is 1. The maximum Gasteiger partial charge on any atom is 0.142 e. The summed E-state index contributed by atoms with van der Waals surface area (Å²) >= 11 is 0. The van der Waals surface area contributed by atoms with Crippen molar-refractivity contribution in [3.63, 3.8) is 0 Å². The number of methoxy groups -OCH3 is 1. The lowest BCUT2D eigenvalue weighted by Crippen LogP contribution is -2.03. The second-order valence-electron chi connectivity index (χ2n) is 4.96. The Kier molecular flexibility index (Phi) is 3.11. The van der Waals surface area contributed by atoms with Gasteiger partial charge in [0.25, 0.3) is 0 Å². The second kappa shape index (κ2) is 4.93. The molecular formula is C17H17NO2. The molecule has 1 N–H and O–H groups in total. The fraction of sp³-hybridized carbons (Fsp3) is 0.176. The Balaban J connectivity index is 2.16. The number of hydrogen-bond donors (Lipinski definition) is 1. The molecule has 3 nitrogen and oxygen atoms in total. The summed E-state index contributed by atoms with van der Waals surface area (Å²) in [4.78, 5) is 0. The van der Waals surface area contributed by atoms with E-state index in [2.05, 4.69) is 18.0 Å². The van der Waals surface area contributed by atoms with Crippen LogP contribution in [0.2, 0.25) is 0 Å². The number of ether oxygens (including phenoxy) is 1. The molecule has 0 saturated carbocycles. The molecule has 3 rings (SSSR count). The van der Waals surface area contributed by atoms with Crippen molar-refractivity contribution in [1.82, 2.24) is 0 Å². The van der Waals surface area contributed by atoms with E-state index in [-0.39, 0.29) is 0 Å². The van der Waals surface area contributed by atoms with Crippen LogP contribution in [0.5, 0.6) is 5.75 Å². The van der Waals surface area contributed by atoms with Gasteiger partial charge in [0, 0.05) is 23.4 Å². The van der Waals surface area contributed by atoms with Gasteiger partial charge >= 0.3 is 0 Å². The Labute approximate surface area is 117 Å². The Morgan fingerprint density at radius 3 is 2.75 bits per heavy atom. The largest absolute Gasteiger partial charge is 0.495 e. The van der Waals surface area contributed by atoms with Crippen molar-refractivity contribution in [1.29, 1.82) is 0 Å². The molecule has 102 valence electrons. The summed E-state index contributed by atoms with van der Waals surface area (Å²) in [6, 6.07) is 12.0. The van der Waals surface area contributed by atoms with E-state index in [9.17, 15) is 0 Å². The first kappa shape index (κ1) is 12.6. The fourth-order valence-corrected chi connectivity index (χ4v) is 2.30. The molecule has 0 fully saturated rings. The molecule has 0 unspecified atom stereocenters. The number of anilines is 1. The third kappa shape index (κ3) is 2.11. The van der Waals surface area contributed by atoms with Crippen molar-refractivity contribution in [2.45, 2.75) is 6.92 Å². The first-order valence-electron chi connectivity index (χ1n) is 6.56. The third-order valence-corrected chi connectivity index (χ3v) is 3.28.